The van der Waals surface area contributed by atoms with E-state index in [0.29, 0.717) is 18.0 Å². The molecule has 152 valence electrons. The number of hydrogen-bond donors (Lipinski definition) is 0. The lowest BCUT2D eigenvalue weighted by atomic mass is 10.1. The summed E-state index contributed by atoms with van der Waals surface area (Å²) in [7, 11) is 1.70. The molecular formula is C21H25N5O3. The Morgan fingerprint density at radius 3 is 2.66 bits per heavy atom. The molecule has 0 aliphatic carbocycles. The van der Waals surface area contributed by atoms with Crippen molar-refractivity contribution in [2.45, 2.75) is 40.7 Å². The van der Waals surface area contributed by atoms with Gasteiger partial charge in [0.1, 0.15) is 6.33 Å². The van der Waals surface area contributed by atoms with Gasteiger partial charge >= 0.3 is 5.97 Å². The van der Waals surface area contributed by atoms with E-state index >= 15 is 0 Å². The second-order valence-electron chi connectivity index (χ2n) is 7.25. The Morgan fingerprint density at radius 1 is 1.17 bits per heavy atom. The summed E-state index contributed by atoms with van der Waals surface area (Å²) in [5.41, 5.74) is 5.57. The zero-order valence-electron chi connectivity index (χ0n) is 17.4. The Bertz CT molecular complexity index is 1070. The molecule has 0 saturated heterocycles. The highest BCUT2D eigenvalue weighted by atomic mass is 16.5. The van der Waals surface area contributed by atoms with E-state index < -0.39 is 5.97 Å². The Balaban J connectivity index is 1.58. The van der Waals surface area contributed by atoms with Crippen LogP contribution in [0.3, 0.4) is 0 Å². The lowest BCUT2D eigenvalue weighted by Gasteiger charge is -2.19. The molecule has 3 rings (SSSR count). The predicted molar refractivity (Wildman–Crippen MR) is 107 cm³/mol. The number of ether oxygens (including phenoxy) is 1. The largest absolute Gasteiger partial charge is 0.455 e. The summed E-state index contributed by atoms with van der Waals surface area (Å²) in [6, 6.07) is 6.11. The molecule has 0 unspecified atom stereocenters. The van der Waals surface area contributed by atoms with E-state index in [1.165, 1.54) is 11.9 Å². The van der Waals surface area contributed by atoms with Crippen LogP contribution >= 0.6 is 0 Å². The van der Waals surface area contributed by atoms with Crippen molar-refractivity contribution in [3.8, 4) is 0 Å². The minimum absolute atomic E-state index is 0.0224. The van der Waals surface area contributed by atoms with Crippen molar-refractivity contribution in [3.63, 3.8) is 0 Å². The molecule has 0 fully saturated rings. The quantitative estimate of drug-likeness (QED) is 0.594. The Morgan fingerprint density at radius 2 is 1.93 bits per heavy atom. The van der Waals surface area contributed by atoms with Crippen LogP contribution in [-0.4, -0.2) is 50.0 Å². The number of nitrogens with zero attached hydrogens (tertiary/aromatic N) is 5. The maximum atomic E-state index is 12.4. The first-order valence-electron chi connectivity index (χ1n) is 9.37. The number of hydrogen-bond acceptors (Lipinski definition) is 6. The lowest BCUT2D eigenvalue weighted by Crippen LogP contribution is -2.31. The van der Waals surface area contributed by atoms with Gasteiger partial charge < -0.3 is 9.64 Å². The van der Waals surface area contributed by atoms with E-state index in [1.807, 2.05) is 39.8 Å². The summed E-state index contributed by atoms with van der Waals surface area (Å²) < 4.78 is 6.80. The van der Waals surface area contributed by atoms with Gasteiger partial charge in [-0.15, -0.1) is 0 Å². The van der Waals surface area contributed by atoms with Gasteiger partial charge in [0.05, 0.1) is 6.42 Å². The average Bonchev–Trinajstić information content (AvgIpc) is 3.13. The van der Waals surface area contributed by atoms with Crippen molar-refractivity contribution in [2.24, 2.45) is 0 Å². The van der Waals surface area contributed by atoms with Crippen LogP contribution in [0.25, 0.3) is 5.78 Å². The van der Waals surface area contributed by atoms with E-state index in [2.05, 4.69) is 21.1 Å². The third kappa shape index (κ3) is 4.59. The average molecular weight is 395 g/mol. The second-order valence-corrected chi connectivity index (χ2v) is 7.25. The zero-order valence-corrected chi connectivity index (χ0v) is 17.4. The molecule has 29 heavy (non-hydrogen) atoms. The molecule has 3 aromatic rings. The molecule has 0 bridgehead atoms. The van der Waals surface area contributed by atoms with Crippen LogP contribution in [0.15, 0.2) is 24.5 Å². The third-order valence-corrected chi connectivity index (χ3v) is 5.00. The molecule has 0 radical (unpaired) electrons. The van der Waals surface area contributed by atoms with Crippen LogP contribution in [0.2, 0.25) is 0 Å². The van der Waals surface area contributed by atoms with Gasteiger partial charge in [-0.2, -0.15) is 10.1 Å². The number of esters is 1. The van der Waals surface area contributed by atoms with Gasteiger partial charge in [-0.25, -0.2) is 9.50 Å². The Kier molecular flexibility index (Phi) is 5.91. The Hall–Kier alpha value is -3.29. The monoisotopic (exact) mass is 395 g/mol. The minimum Gasteiger partial charge on any atom is -0.455 e. The van der Waals surface area contributed by atoms with Crippen molar-refractivity contribution in [1.82, 2.24) is 24.5 Å². The van der Waals surface area contributed by atoms with Crippen LogP contribution in [0.1, 0.15) is 33.6 Å². The van der Waals surface area contributed by atoms with E-state index in [4.69, 9.17) is 4.74 Å². The lowest BCUT2D eigenvalue weighted by molar-refractivity contribution is -0.151. The van der Waals surface area contributed by atoms with Crippen LogP contribution in [-0.2, 0) is 27.3 Å². The van der Waals surface area contributed by atoms with Crippen molar-refractivity contribution >= 4 is 17.7 Å². The first-order valence-corrected chi connectivity index (χ1v) is 9.37. The highest BCUT2D eigenvalue weighted by Gasteiger charge is 2.17. The highest BCUT2D eigenvalue weighted by molar-refractivity contribution is 5.81. The summed E-state index contributed by atoms with van der Waals surface area (Å²) in [4.78, 5) is 34.6. The van der Waals surface area contributed by atoms with Crippen LogP contribution in [0.4, 0.5) is 0 Å². The molecule has 0 aliphatic heterocycles. The van der Waals surface area contributed by atoms with Crippen LogP contribution in [0.5, 0.6) is 0 Å². The van der Waals surface area contributed by atoms with Gasteiger partial charge in [-0.1, -0.05) is 23.8 Å². The third-order valence-electron chi connectivity index (χ3n) is 5.00. The van der Waals surface area contributed by atoms with Gasteiger partial charge in [0.15, 0.2) is 6.61 Å². The number of aromatic nitrogens is 4. The summed E-state index contributed by atoms with van der Waals surface area (Å²) in [6.07, 6.45) is 1.44. The molecule has 8 nitrogen and oxygen atoms in total. The van der Waals surface area contributed by atoms with Gasteiger partial charge in [0, 0.05) is 30.5 Å². The molecule has 1 aromatic carbocycles. The van der Waals surface area contributed by atoms with Gasteiger partial charge in [0.25, 0.3) is 11.7 Å². The fourth-order valence-corrected chi connectivity index (χ4v) is 3.23. The number of amides is 1. The summed E-state index contributed by atoms with van der Waals surface area (Å²) in [5.74, 6) is -0.248. The number of rotatable bonds is 6. The first kappa shape index (κ1) is 20.4. The zero-order chi connectivity index (χ0) is 21.1. The number of carbonyl (C=O) groups excluding carboxylic acids is 2. The molecule has 0 atom stereocenters. The number of benzene rings is 1. The highest BCUT2D eigenvalue weighted by Crippen LogP contribution is 2.15. The number of carbonyl (C=O) groups is 2. The van der Waals surface area contributed by atoms with Crippen LogP contribution in [0, 0.1) is 27.7 Å². The first-order chi connectivity index (χ1) is 13.8. The Labute approximate surface area is 169 Å². The fourth-order valence-electron chi connectivity index (χ4n) is 3.23. The van der Waals surface area contributed by atoms with E-state index in [0.717, 1.165) is 22.4 Å². The molecule has 0 spiro atoms. The van der Waals surface area contributed by atoms with Crippen molar-refractivity contribution < 1.29 is 14.3 Å². The fraction of sp³-hybridized carbons (Fsp3) is 0.381. The van der Waals surface area contributed by atoms with Gasteiger partial charge in [-0.3, -0.25) is 9.59 Å². The number of aryl methyl sites for hydroxylation is 4. The summed E-state index contributed by atoms with van der Waals surface area (Å²) in [6.45, 7) is 7.88. The molecule has 2 heterocycles. The van der Waals surface area contributed by atoms with E-state index in [1.54, 1.807) is 16.5 Å². The van der Waals surface area contributed by atoms with Crippen molar-refractivity contribution in [1.29, 1.82) is 0 Å². The minimum atomic E-state index is -0.481. The molecule has 2 aromatic heterocycles. The van der Waals surface area contributed by atoms with E-state index in [-0.39, 0.29) is 18.9 Å². The SMILES string of the molecule is Cc1ccc(CN(C)C(=O)COC(=O)Cc2c(C)nc3ncnn3c2C)c(C)c1. The number of likely N-dealkylation sites (N-methyl/N-ethyl adjacent to an activating group) is 1. The van der Waals surface area contributed by atoms with E-state index in [9.17, 15) is 9.59 Å². The molecule has 0 N–H and O–H groups in total. The summed E-state index contributed by atoms with van der Waals surface area (Å²) in [5, 5.41) is 4.11. The second kappa shape index (κ2) is 8.38. The molecule has 8 heteroatoms. The van der Waals surface area contributed by atoms with Crippen molar-refractivity contribution in [3.05, 3.63) is 58.2 Å². The normalized spacial score (nSPS) is 10.9. The number of fused-ring (bicyclic) bond motifs is 1. The molecule has 0 aliphatic rings. The van der Waals surface area contributed by atoms with Crippen LogP contribution < -0.4 is 0 Å². The smallest absolute Gasteiger partial charge is 0.310 e. The molecule has 0 saturated carbocycles. The molecular weight excluding hydrogens is 370 g/mol. The maximum absolute atomic E-state index is 12.4. The maximum Gasteiger partial charge on any atom is 0.310 e. The van der Waals surface area contributed by atoms with Gasteiger partial charge in [-0.05, 0) is 38.8 Å². The summed E-state index contributed by atoms with van der Waals surface area (Å²) >= 11 is 0. The van der Waals surface area contributed by atoms with Crippen molar-refractivity contribution in [2.75, 3.05) is 13.7 Å². The standard InChI is InChI=1S/C21H25N5O3/c1-13-6-7-17(14(2)8-13)10-25(5)19(27)11-29-20(28)9-18-15(3)24-21-22-12-23-26(21)16(18)4/h6-8,12H,9-11H2,1-5H3. The van der Waals surface area contributed by atoms with Gasteiger partial charge in [0.2, 0.25) is 0 Å². The topological polar surface area (TPSA) is 89.7 Å². The predicted octanol–water partition coefficient (Wildman–Crippen LogP) is 2.10. The molecule has 1 amide bonds.